The second-order valence-corrected chi connectivity index (χ2v) is 7.17. The predicted molar refractivity (Wildman–Crippen MR) is 91.7 cm³/mol. The monoisotopic (exact) mass is 362 g/mol. The van der Waals surface area contributed by atoms with E-state index in [0.717, 1.165) is 17.1 Å². The maximum atomic E-state index is 13.3. The lowest BCUT2D eigenvalue weighted by atomic mass is 10.1. The minimum absolute atomic E-state index is 0.0546. The number of carbonyl (C=O) groups excluding carboxylic acids is 2. The van der Waals surface area contributed by atoms with E-state index < -0.39 is 0 Å². The highest BCUT2D eigenvalue weighted by Crippen LogP contribution is 2.21. The summed E-state index contributed by atoms with van der Waals surface area (Å²) < 4.78 is 17.1. The summed E-state index contributed by atoms with van der Waals surface area (Å²) >= 11 is 1.06. The van der Waals surface area contributed by atoms with Crippen LogP contribution in [0.5, 0.6) is 0 Å². The van der Waals surface area contributed by atoms with Crippen LogP contribution in [0.2, 0.25) is 0 Å². The Labute approximate surface area is 149 Å². The van der Waals surface area contributed by atoms with Crippen molar-refractivity contribution in [2.45, 2.75) is 38.8 Å². The highest BCUT2D eigenvalue weighted by Gasteiger charge is 2.32. The van der Waals surface area contributed by atoms with Crippen molar-refractivity contribution in [2.24, 2.45) is 0 Å². The number of amides is 2. The molecule has 8 heteroatoms. The molecule has 0 spiro atoms. The molecule has 1 aliphatic rings. The van der Waals surface area contributed by atoms with Gasteiger partial charge in [-0.3, -0.25) is 9.59 Å². The van der Waals surface area contributed by atoms with Crippen LogP contribution in [-0.2, 0) is 11.3 Å². The SMILES string of the molecule is CC(C)c1nnsc1C(=O)N[C@H]1CC(=O)N(Cc2cccc(F)c2)C1. The Hall–Kier alpha value is -2.35. The van der Waals surface area contributed by atoms with Gasteiger partial charge in [0.1, 0.15) is 10.7 Å². The summed E-state index contributed by atoms with van der Waals surface area (Å²) in [5.41, 5.74) is 1.40. The van der Waals surface area contributed by atoms with E-state index in [1.165, 1.54) is 12.1 Å². The van der Waals surface area contributed by atoms with Crippen LogP contribution in [0.4, 0.5) is 4.39 Å². The zero-order valence-electron chi connectivity index (χ0n) is 14.0. The van der Waals surface area contributed by atoms with Gasteiger partial charge in [-0.1, -0.05) is 30.5 Å². The molecule has 0 bridgehead atoms. The van der Waals surface area contributed by atoms with Gasteiger partial charge in [0.2, 0.25) is 5.91 Å². The van der Waals surface area contributed by atoms with Gasteiger partial charge < -0.3 is 10.2 Å². The van der Waals surface area contributed by atoms with Crippen LogP contribution in [0.25, 0.3) is 0 Å². The molecular formula is C17H19FN4O2S. The molecule has 132 valence electrons. The quantitative estimate of drug-likeness (QED) is 0.886. The van der Waals surface area contributed by atoms with Gasteiger partial charge in [0, 0.05) is 19.5 Å². The van der Waals surface area contributed by atoms with Crippen LogP contribution in [0.15, 0.2) is 24.3 Å². The highest BCUT2D eigenvalue weighted by atomic mass is 32.1. The molecule has 2 aromatic rings. The van der Waals surface area contributed by atoms with Crippen molar-refractivity contribution in [1.82, 2.24) is 19.8 Å². The van der Waals surface area contributed by atoms with Crippen molar-refractivity contribution in [1.29, 1.82) is 0 Å². The van der Waals surface area contributed by atoms with E-state index in [9.17, 15) is 14.0 Å². The van der Waals surface area contributed by atoms with Crippen molar-refractivity contribution in [3.8, 4) is 0 Å². The van der Waals surface area contributed by atoms with Gasteiger partial charge in [-0.2, -0.15) is 0 Å². The number of halogens is 1. The van der Waals surface area contributed by atoms with E-state index in [-0.39, 0.29) is 36.0 Å². The fraction of sp³-hybridized carbons (Fsp3) is 0.412. The lowest BCUT2D eigenvalue weighted by Gasteiger charge is -2.17. The maximum Gasteiger partial charge on any atom is 0.265 e. The molecule has 1 aromatic carbocycles. The van der Waals surface area contributed by atoms with Crippen molar-refractivity contribution in [3.05, 3.63) is 46.2 Å². The lowest BCUT2D eigenvalue weighted by Crippen LogP contribution is -2.37. The molecular weight excluding hydrogens is 343 g/mol. The summed E-state index contributed by atoms with van der Waals surface area (Å²) in [5.74, 6) is -0.521. The molecule has 6 nitrogen and oxygen atoms in total. The number of carbonyl (C=O) groups is 2. The fourth-order valence-corrected chi connectivity index (χ4v) is 3.58. The summed E-state index contributed by atoms with van der Waals surface area (Å²) in [6.07, 6.45) is 0.240. The summed E-state index contributed by atoms with van der Waals surface area (Å²) in [6, 6.07) is 5.91. The minimum Gasteiger partial charge on any atom is -0.346 e. The standard InChI is InChI=1S/C17H19FN4O2S/c1-10(2)15-16(25-21-20-15)17(24)19-13-7-14(23)22(9-13)8-11-4-3-5-12(18)6-11/h3-6,10,13H,7-9H2,1-2H3,(H,19,24)/t13-/m0/s1. The molecule has 0 aliphatic carbocycles. The van der Waals surface area contributed by atoms with E-state index in [4.69, 9.17) is 0 Å². The molecule has 1 fully saturated rings. The number of aromatic nitrogens is 2. The molecule has 0 saturated carbocycles. The molecule has 25 heavy (non-hydrogen) atoms. The normalized spacial score (nSPS) is 17.4. The summed E-state index contributed by atoms with van der Waals surface area (Å²) in [5, 5.41) is 6.89. The Morgan fingerprint density at radius 1 is 1.48 bits per heavy atom. The van der Waals surface area contributed by atoms with Crippen LogP contribution in [0.3, 0.4) is 0 Å². The first-order valence-corrected chi connectivity index (χ1v) is 8.86. The third-order valence-electron chi connectivity index (χ3n) is 4.08. The van der Waals surface area contributed by atoms with Crippen molar-refractivity contribution in [3.63, 3.8) is 0 Å². The van der Waals surface area contributed by atoms with Crippen molar-refractivity contribution in [2.75, 3.05) is 6.54 Å². The topological polar surface area (TPSA) is 75.2 Å². The molecule has 0 radical (unpaired) electrons. The van der Waals surface area contributed by atoms with E-state index in [1.54, 1.807) is 17.0 Å². The Morgan fingerprint density at radius 3 is 3.00 bits per heavy atom. The zero-order valence-corrected chi connectivity index (χ0v) is 14.8. The molecule has 1 N–H and O–H groups in total. The van der Waals surface area contributed by atoms with E-state index in [0.29, 0.717) is 23.7 Å². The second kappa shape index (κ2) is 7.26. The number of nitrogens with one attached hydrogen (secondary N) is 1. The van der Waals surface area contributed by atoms with E-state index in [1.807, 2.05) is 13.8 Å². The number of benzene rings is 1. The van der Waals surface area contributed by atoms with Gasteiger partial charge in [-0.25, -0.2) is 4.39 Å². The van der Waals surface area contributed by atoms with Gasteiger partial charge in [-0.05, 0) is 35.1 Å². The Bertz CT molecular complexity index is 792. The largest absolute Gasteiger partial charge is 0.346 e. The smallest absolute Gasteiger partial charge is 0.265 e. The van der Waals surface area contributed by atoms with E-state index >= 15 is 0 Å². The first-order valence-electron chi connectivity index (χ1n) is 8.09. The molecule has 1 atom stereocenters. The number of likely N-dealkylation sites (tertiary alicyclic amines) is 1. The van der Waals surface area contributed by atoms with Gasteiger partial charge in [0.15, 0.2) is 0 Å². The highest BCUT2D eigenvalue weighted by molar-refractivity contribution is 7.08. The molecule has 2 heterocycles. The van der Waals surface area contributed by atoms with Crippen LogP contribution in [-0.4, -0.2) is 38.9 Å². The lowest BCUT2D eigenvalue weighted by molar-refractivity contribution is -0.128. The number of hydrogen-bond acceptors (Lipinski definition) is 5. The molecule has 3 rings (SSSR count). The van der Waals surface area contributed by atoms with Gasteiger partial charge in [0.05, 0.1) is 11.7 Å². The molecule has 2 amide bonds. The van der Waals surface area contributed by atoms with Crippen LogP contribution < -0.4 is 5.32 Å². The third kappa shape index (κ3) is 4.01. The Kier molecular flexibility index (Phi) is 5.08. The Morgan fingerprint density at radius 2 is 2.28 bits per heavy atom. The molecule has 0 unspecified atom stereocenters. The zero-order chi connectivity index (χ0) is 18.0. The number of hydrogen-bond donors (Lipinski definition) is 1. The van der Waals surface area contributed by atoms with Crippen LogP contribution in [0.1, 0.15) is 47.1 Å². The summed E-state index contributed by atoms with van der Waals surface area (Å²) in [4.78, 5) is 26.7. The summed E-state index contributed by atoms with van der Waals surface area (Å²) in [6.45, 7) is 4.65. The first-order chi connectivity index (χ1) is 11.9. The van der Waals surface area contributed by atoms with Crippen molar-refractivity contribution < 1.29 is 14.0 Å². The average Bonchev–Trinajstić information content (AvgIpc) is 3.15. The van der Waals surface area contributed by atoms with Crippen molar-refractivity contribution >= 4 is 23.3 Å². The molecule has 1 aromatic heterocycles. The first kappa shape index (κ1) is 17.5. The maximum absolute atomic E-state index is 13.3. The van der Waals surface area contributed by atoms with Crippen LogP contribution in [0, 0.1) is 5.82 Å². The minimum atomic E-state index is -0.326. The van der Waals surface area contributed by atoms with E-state index in [2.05, 4.69) is 14.9 Å². The molecule has 1 saturated heterocycles. The Balaban J connectivity index is 1.62. The van der Waals surface area contributed by atoms with Gasteiger partial charge in [-0.15, -0.1) is 5.10 Å². The third-order valence-corrected chi connectivity index (χ3v) is 4.82. The fourth-order valence-electron chi connectivity index (χ4n) is 2.86. The van der Waals surface area contributed by atoms with Crippen LogP contribution >= 0.6 is 11.5 Å². The second-order valence-electron chi connectivity index (χ2n) is 6.42. The van der Waals surface area contributed by atoms with Gasteiger partial charge >= 0.3 is 0 Å². The summed E-state index contributed by atoms with van der Waals surface area (Å²) in [7, 11) is 0. The van der Waals surface area contributed by atoms with Gasteiger partial charge in [0.25, 0.3) is 5.91 Å². The number of rotatable bonds is 5. The predicted octanol–water partition coefficient (Wildman–Crippen LogP) is 2.33. The molecule has 1 aliphatic heterocycles. The average molecular weight is 362 g/mol. The number of nitrogens with zero attached hydrogens (tertiary/aromatic N) is 3.